The minimum Gasteiger partial charge on any atom is -0.480 e. The minimum atomic E-state index is -0.986. The summed E-state index contributed by atoms with van der Waals surface area (Å²) in [4.78, 5) is 27.0. The SMILES string of the molecule is N#Cc1ccc(N2CC(CN3CC(OCC(=O)O)C3Cc3ccccc3)OC2=O)cc1. The highest BCUT2D eigenvalue weighted by Crippen LogP contribution is 2.28. The molecule has 2 aromatic carbocycles. The van der Waals surface area contributed by atoms with Crippen molar-refractivity contribution in [3.63, 3.8) is 0 Å². The summed E-state index contributed by atoms with van der Waals surface area (Å²) in [5.41, 5.74) is 2.37. The van der Waals surface area contributed by atoms with Crippen LogP contribution in [0.25, 0.3) is 0 Å². The summed E-state index contributed by atoms with van der Waals surface area (Å²) in [6.45, 7) is 1.23. The molecule has 0 aliphatic carbocycles. The molecule has 2 aliphatic heterocycles. The van der Waals surface area contributed by atoms with Gasteiger partial charge in [0, 0.05) is 24.8 Å². The molecule has 0 saturated carbocycles. The van der Waals surface area contributed by atoms with Crippen LogP contribution in [0.3, 0.4) is 0 Å². The van der Waals surface area contributed by atoms with Crippen LogP contribution in [0.4, 0.5) is 10.5 Å². The Morgan fingerprint density at radius 3 is 2.58 bits per heavy atom. The van der Waals surface area contributed by atoms with Gasteiger partial charge in [-0.15, -0.1) is 0 Å². The van der Waals surface area contributed by atoms with Crippen molar-refractivity contribution in [3.8, 4) is 6.07 Å². The maximum Gasteiger partial charge on any atom is 0.414 e. The average Bonchev–Trinajstić information content (AvgIpc) is 3.15. The van der Waals surface area contributed by atoms with Gasteiger partial charge in [-0.25, -0.2) is 9.59 Å². The number of nitrogens with zero attached hydrogens (tertiary/aromatic N) is 3. The van der Waals surface area contributed by atoms with Crippen molar-refractivity contribution in [2.24, 2.45) is 0 Å². The highest BCUT2D eigenvalue weighted by atomic mass is 16.6. The molecule has 2 aliphatic rings. The van der Waals surface area contributed by atoms with Gasteiger partial charge in [0.25, 0.3) is 0 Å². The van der Waals surface area contributed by atoms with E-state index in [1.54, 1.807) is 29.2 Å². The molecule has 0 aromatic heterocycles. The van der Waals surface area contributed by atoms with Crippen LogP contribution in [0, 0.1) is 11.3 Å². The number of rotatable bonds is 8. The fourth-order valence-corrected chi connectivity index (χ4v) is 4.06. The third kappa shape index (κ3) is 4.85. The molecular formula is C23H23N3O5. The van der Waals surface area contributed by atoms with E-state index in [2.05, 4.69) is 11.0 Å². The molecule has 1 amide bonds. The van der Waals surface area contributed by atoms with Gasteiger partial charge in [0.05, 0.1) is 24.3 Å². The first-order chi connectivity index (χ1) is 15.0. The van der Waals surface area contributed by atoms with E-state index < -0.39 is 12.1 Å². The Balaban J connectivity index is 1.39. The first-order valence-corrected chi connectivity index (χ1v) is 10.1. The van der Waals surface area contributed by atoms with E-state index in [0.717, 1.165) is 12.0 Å². The topological polar surface area (TPSA) is 103 Å². The number of likely N-dealkylation sites (tertiary alicyclic amines) is 1. The third-order valence-corrected chi connectivity index (χ3v) is 5.64. The van der Waals surface area contributed by atoms with Gasteiger partial charge in [-0.05, 0) is 36.2 Å². The summed E-state index contributed by atoms with van der Waals surface area (Å²) in [5, 5.41) is 17.9. The molecule has 2 saturated heterocycles. The molecule has 1 N–H and O–H groups in total. The molecule has 160 valence electrons. The number of anilines is 1. The Bertz CT molecular complexity index is 973. The van der Waals surface area contributed by atoms with Crippen LogP contribution in [0.5, 0.6) is 0 Å². The van der Waals surface area contributed by atoms with E-state index in [0.29, 0.717) is 30.9 Å². The first kappa shape index (κ1) is 20.8. The van der Waals surface area contributed by atoms with Crippen molar-refractivity contribution in [3.05, 3.63) is 65.7 Å². The Labute approximate surface area is 180 Å². The van der Waals surface area contributed by atoms with Crippen LogP contribution in [0.1, 0.15) is 11.1 Å². The highest BCUT2D eigenvalue weighted by Gasteiger charge is 2.43. The number of carbonyl (C=O) groups is 2. The maximum atomic E-state index is 12.4. The van der Waals surface area contributed by atoms with Gasteiger partial charge < -0.3 is 14.6 Å². The number of hydrogen-bond acceptors (Lipinski definition) is 6. The van der Waals surface area contributed by atoms with Crippen molar-refractivity contribution in [1.82, 2.24) is 4.90 Å². The molecule has 3 atom stereocenters. The zero-order valence-electron chi connectivity index (χ0n) is 16.9. The van der Waals surface area contributed by atoms with Crippen molar-refractivity contribution >= 4 is 17.7 Å². The van der Waals surface area contributed by atoms with Gasteiger partial charge >= 0.3 is 12.1 Å². The van der Waals surface area contributed by atoms with Gasteiger partial charge in [0.15, 0.2) is 0 Å². The van der Waals surface area contributed by atoms with Crippen LogP contribution in [0.2, 0.25) is 0 Å². The largest absolute Gasteiger partial charge is 0.480 e. The number of nitriles is 1. The lowest BCUT2D eigenvalue weighted by atomic mass is 9.91. The normalized spacial score (nSPS) is 23.1. The summed E-state index contributed by atoms with van der Waals surface area (Å²) in [6, 6.07) is 18.9. The van der Waals surface area contributed by atoms with E-state index in [4.69, 9.17) is 19.8 Å². The van der Waals surface area contributed by atoms with E-state index in [1.807, 2.05) is 30.3 Å². The number of ether oxygens (including phenoxy) is 2. The van der Waals surface area contributed by atoms with Gasteiger partial charge in [-0.2, -0.15) is 5.26 Å². The van der Waals surface area contributed by atoms with E-state index in [1.165, 1.54) is 0 Å². The second-order valence-corrected chi connectivity index (χ2v) is 7.73. The van der Waals surface area contributed by atoms with E-state index >= 15 is 0 Å². The van der Waals surface area contributed by atoms with Crippen molar-refractivity contribution in [2.75, 3.05) is 31.1 Å². The van der Waals surface area contributed by atoms with Crippen LogP contribution >= 0.6 is 0 Å². The summed E-state index contributed by atoms with van der Waals surface area (Å²) >= 11 is 0. The zero-order chi connectivity index (χ0) is 21.8. The smallest absolute Gasteiger partial charge is 0.414 e. The third-order valence-electron chi connectivity index (χ3n) is 5.64. The van der Waals surface area contributed by atoms with Crippen molar-refractivity contribution in [1.29, 1.82) is 5.26 Å². The van der Waals surface area contributed by atoms with Crippen LogP contribution in [-0.2, 0) is 20.7 Å². The second kappa shape index (κ2) is 9.16. The molecule has 3 unspecified atom stereocenters. The molecule has 2 fully saturated rings. The number of cyclic esters (lactones) is 1. The molecule has 0 bridgehead atoms. The lowest BCUT2D eigenvalue weighted by Gasteiger charge is -2.48. The lowest BCUT2D eigenvalue weighted by molar-refractivity contribution is -0.155. The molecule has 8 heteroatoms. The predicted octanol–water partition coefficient (Wildman–Crippen LogP) is 2.28. The fraction of sp³-hybridized carbons (Fsp3) is 0.348. The Kier molecular flexibility index (Phi) is 6.16. The molecular weight excluding hydrogens is 398 g/mol. The van der Waals surface area contributed by atoms with Crippen LogP contribution in [-0.4, -0.2) is 66.6 Å². The summed E-state index contributed by atoms with van der Waals surface area (Å²) in [6.07, 6.45) is -0.163. The molecule has 2 aromatic rings. The quantitative estimate of drug-likeness (QED) is 0.697. The average molecular weight is 421 g/mol. The van der Waals surface area contributed by atoms with Crippen molar-refractivity contribution in [2.45, 2.75) is 24.7 Å². The molecule has 8 nitrogen and oxygen atoms in total. The Hall–Kier alpha value is -3.41. The van der Waals surface area contributed by atoms with Gasteiger partial charge in [0.2, 0.25) is 0 Å². The number of benzene rings is 2. The Morgan fingerprint density at radius 1 is 1.16 bits per heavy atom. The van der Waals surface area contributed by atoms with Crippen molar-refractivity contribution < 1.29 is 24.2 Å². The number of carbonyl (C=O) groups excluding carboxylic acids is 1. The van der Waals surface area contributed by atoms with Crippen LogP contribution in [0.15, 0.2) is 54.6 Å². The highest BCUT2D eigenvalue weighted by molar-refractivity contribution is 5.89. The van der Waals surface area contributed by atoms with E-state index in [-0.39, 0.29) is 24.9 Å². The number of hydrogen-bond donors (Lipinski definition) is 1. The van der Waals surface area contributed by atoms with Crippen LogP contribution < -0.4 is 4.90 Å². The molecule has 0 radical (unpaired) electrons. The molecule has 4 rings (SSSR count). The first-order valence-electron chi connectivity index (χ1n) is 10.1. The fourth-order valence-electron chi connectivity index (χ4n) is 4.06. The van der Waals surface area contributed by atoms with Gasteiger partial charge in [-0.1, -0.05) is 30.3 Å². The molecule has 2 heterocycles. The molecule has 31 heavy (non-hydrogen) atoms. The van der Waals surface area contributed by atoms with Gasteiger partial charge in [0.1, 0.15) is 12.7 Å². The minimum absolute atomic E-state index is 0.0180. The molecule has 0 spiro atoms. The second-order valence-electron chi connectivity index (χ2n) is 7.73. The number of aliphatic carboxylic acids is 1. The number of carboxylic acid groups (broad SMARTS) is 1. The predicted molar refractivity (Wildman–Crippen MR) is 112 cm³/mol. The summed E-state index contributed by atoms with van der Waals surface area (Å²) < 4.78 is 11.1. The monoisotopic (exact) mass is 421 g/mol. The van der Waals surface area contributed by atoms with E-state index in [9.17, 15) is 9.59 Å². The van der Waals surface area contributed by atoms with Gasteiger partial charge in [-0.3, -0.25) is 9.80 Å². The number of amides is 1. The maximum absolute atomic E-state index is 12.4. The summed E-state index contributed by atoms with van der Waals surface area (Å²) in [5.74, 6) is -0.986. The zero-order valence-corrected chi connectivity index (χ0v) is 16.9. The standard InChI is InChI=1S/C23H23N3O5/c24-11-17-6-8-18(9-7-17)26-13-19(31-23(26)29)12-25-14-21(30-15-22(27)28)20(25)10-16-4-2-1-3-5-16/h1-9,19-21H,10,12-15H2,(H,27,28). The lowest BCUT2D eigenvalue weighted by Crippen LogP contribution is -2.64. The summed E-state index contributed by atoms with van der Waals surface area (Å²) in [7, 11) is 0. The number of carboxylic acids is 1. The Morgan fingerprint density at radius 2 is 1.90 bits per heavy atom.